The molecule has 0 saturated heterocycles. The van der Waals surface area contributed by atoms with Crippen molar-refractivity contribution >= 4 is 29.1 Å². The van der Waals surface area contributed by atoms with Crippen molar-refractivity contribution < 1.29 is 13.9 Å². The average molecular weight is 625 g/mol. The van der Waals surface area contributed by atoms with Crippen LogP contribution in [0.2, 0.25) is 10.0 Å². The second kappa shape index (κ2) is 13.6. The number of hydrogen-bond acceptors (Lipinski definition) is 4. The lowest BCUT2D eigenvalue weighted by Crippen LogP contribution is -2.27. The topological polar surface area (TPSA) is 69.3 Å². The Morgan fingerprint density at radius 3 is 2.33 bits per heavy atom. The number of unbranched alkanes of at least 4 members (excludes halogenated alkanes) is 1. The number of hydrogen-bond donors (Lipinski definition) is 1. The van der Waals surface area contributed by atoms with Crippen molar-refractivity contribution in [2.75, 3.05) is 13.2 Å². The third-order valence-corrected chi connectivity index (χ3v) is 9.19. The van der Waals surface area contributed by atoms with Gasteiger partial charge < -0.3 is 14.5 Å². The number of ether oxygens (including phenoxy) is 1. The molecule has 4 rings (SSSR count). The highest BCUT2D eigenvalue weighted by molar-refractivity contribution is 6.42. The van der Waals surface area contributed by atoms with Gasteiger partial charge in [-0.05, 0) is 85.4 Å². The van der Waals surface area contributed by atoms with Gasteiger partial charge in [0, 0.05) is 18.2 Å². The summed E-state index contributed by atoms with van der Waals surface area (Å²) in [5, 5.41) is 8.49. The summed E-state index contributed by atoms with van der Waals surface area (Å²) in [5.41, 5.74) is 4.27. The molecule has 0 aliphatic carbocycles. The predicted octanol–water partition coefficient (Wildman–Crippen LogP) is 9.71. The lowest BCUT2D eigenvalue weighted by atomic mass is 9.76. The Labute approximate surface area is 265 Å². The Morgan fingerprint density at radius 1 is 0.930 bits per heavy atom. The summed E-state index contributed by atoms with van der Waals surface area (Å²) in [5.74, 6) is 2.05. The van der Waals surface area contributed by atoms with Gasteiger partial charge in [0.25, 0.3) is 5.91 Å². The molecule has 0 fully saturated rings. The molecule has 0 bridgehead atoms. The molecule has 2 aromatic heterocycles. The minimum absolute atomic E-state index is 0.00754. The van der Waals surface area contributed by atoms with Gasteiger partial charge in [-0.25, -0.2) is 4.68 Å². The normalized spacial score (nSPS) is 12.0. The fourth-order valence-corrected chi connectivity index (χ4v) is 5.04. The molecule has 6 nitrogen and oxygen atoms in total. The molecule has 2 aromatic carbocycles. The number of nitrogens with zero attached hydrogens (tertiary/aromatic N) is 2. The van der Waals surface area contributed by atoms with E-state index in [0.29, 0.717) is 46.0 Å². The molecule has 0 atom stereocenters. The first-order valence-electron chi connectivity index (χ1n) is 15.0. The number of carbonyl (C=O) groups is 1. The summed E-state index contributed by atoms with van der Waals surface area (Å²) in [7, 11) is 0. The van der Waals surface area contributed by atoms with E-state index in [2.05, 4.69) is 70.2 Å². The van der Waals surface area contributed by atoms with E-state index in [4.69, 9.17) is 32.4 Å². The fraction of sp³-hybridized carbons (Fsp3) is 0.429. The number of aromatic nitrogens is 2. The van der Waals surface area contributed by atoms with Crippen LogP contribution in [-0.2, 0) is 10.8 Å². The van der Waals surface area contributed by atoms with Crippen molar-refractivity contribution in [1.29, 1.82) is 0 Å². The van der Waals surface area contributed by atoms with Crippen LogP contribution < -0.4 is 10.1 Å². The predicted molar refractivity (Wildman–Crippen MR) is 176 cm³/mol. The Kier molecular flexibility index (Phi) is 10.3. The van der Waals surface area contributed by atoms with Crippen molar-refractivity contribution in [2.24, 2.45) is 0 Å². The molecule has 0 aliphatic heterocycles. The lowest BCUT2D eigenvalue weighted by molar-refractivity contribution is 0.0944. The maximum absolute atomic E-state index is 13.3. The molecular formula is C35H43Cl2N3O3. The number of rotatable bonds is 13. The van der Waals surface area contributed by atoms with Crippen LogP contribution in [0.15, 0.2) is 59.0 Å². The van der Waals surface area contributed by atoms with E-state index in [1.165, 1.54) is 11.1 Å². The Balaban J connectivity index is 1.40. The van der Waals surface area contributed by atoms with Crippen molar-refractivity contribution in [3.63, 3.8) is 0 Å². The van der Waals surface area contributed by atoms with Crippen LogP contribution in [0, 0.1) is 6.92 Å². The zero-order chi connectivity index (χ0) is 31.4. The van der Waals surface area contributed by atoms with Crippen LogP contribution in [0.25, 0.3) is 17.1 Å². The molecule has 1 amide bonds. The second-order valence-electron chi connectivity index (χ2n) is 12.3. The van der Waals surface area contributed by atoms with Crippen molar-refractivity contribution in [3.8, 4) is 22.9 Å². The second-order valence-corrected chi connectivity index (χ2v) is 13.1. The first-order chi connectivity index (χ1) is 20.4. The molecule has 2 heterocycles. The van der Waals surface area contributed by atoms with Gasteiger partial charge in [-0.15, -0.1) is 0 Å². The van der Waals surface area contributed by atoms with Gasteiger partial charge in [-0.2, -0.15) is 5.10 Å². The Morgan fingerprint density at radius 2 is 1.67 bits per heavy atom. The molecule has 43 heavy (non-hydrogen) atoms. The van der Waals surface area contributed by atoms with Crippen LogP contribution >= 0.6 is 23.2 Å². The quantitative estimate of drug-likeness (QED) is 0.150. The van der Waals surface area contributed by atoms with Crippen LogP contribution in [0.3, 0.4) is 0 Å². The first-order valence-corrected chi connectivity index (χ1v) is 15.8. The molecule has 0 radical (unpaired) electrons. The third kappa shape index (κ3) is 7.66. The van der Waals surface area contributed by atoms with E-state index in [-0.39, 0.29) is 16.7 Å². The first kappa shape index (κ1) is 32.7. The number of furan rings is 1. The Hall–Kier alpha value is -3.22. The molecule has 0 spiro atoms. The minimum Gasteiger partial charge on any atom is -0.493 e. The van der Waals surface area contributed by atoms with E-state index in [9.17, 15) is 4.79 Å². The summed E-state index contributed by atoms with van der Waals surface area (Å²) in [6, 6.07) is 17.2. The fourth-order valence-electron chi connectivity index (χ4n) is 4.75. The van der Waals surface area contributed by atoms with Gasteiger partial charge in [-0.1, -0.05) is 76.9 Å². The highest BCUT2D eigenvalue weighted by Gasteiger charge is 2.26. The highest BCUT2D eigenvalue weighted by atomic mass is 35.5. The van der Waals surface area contributed by atoms with Gasteiger partial charge in [0.1, 0.15) is 22.9 Å². The standard InChI is InChI=1S/C35H43Cl2N3O3/c1-8-34(4,5)24-13-17-31(26(20-24)35(6,7)9-2)42-19-11-10-18-38-33(41)30-22-29(32-16-12-23(3)43-32)39-40(30)25-14-15-27(36)28(37)21-25/h12-17,20-22H,8-11,18-19H2,1-7H3,(H,38,41). The van der Waals surface area contributed by atoms with Gasteiger partial charge in [0.2, 0.25) is 0 Å². The minimum atomic E-state index is -0.241. The van der Waals surface area contributed by atoms with Crippen molar-refractivity contribution in [1.82, 2.24) is 15.1 Å². The highest BCUT2D eigenvalue weighted by Crippen LogP contribution is 2.38. The average Bonchev–Trinajstić information content (AvgIpc) is 3.63. The van der Waals surface area contributed by atoms with E-state index >= 15 is 0 Å². The summed E-state index contributed by atoms with van der Waals surface area (Å²) in [4.78, 5) is 13.3. The van der Waals surface area contributed by atoms with Gasteiger partial charge in [0.05, 0.1) is 22.3 Å². The summed E-state index contributed by atoms with van der Waals surface area (Å²) in [6.07, 6.45) is 3.66. The van der Waals surface area contributed by atoms with E-state index in [1.54, 1.807) is 28.9 Å². The molecule has 0 saturated carbocycles. The van der Waals surface area contributed by atoms with Gasteiger partial charge in [-0.3, -0.25) is 4.79 Å². The maximum atomic E-state index is 13.3. The molecule has 230 valence electrons. The monoisotopic (exact) mass is 623 g/mol. The molecule has 8 heteroatoms. The molecular weight excluding hydrogens is 581 g/mol. The molecule has 1 N–H and O–H groups in total. The number of aryl methyl sites for hydroxylation is 1. The summed E-state index contributed by atoms with van der Waals surface area (Å²) >= 11 is 12.4. The van der Waals surface area contributed by atoms with E-state index in [0.717, 1.165) is 37.2 Å². The number of benzene rings is 2. The zero-order valence-electron chi connectivity index (χ0n) is 26.3. The van der Waals surface area contributed by atoms with Crippen molar-refractivity contribution in [3.05, 3.63) is 87.2 Å². The smallest absolute Gasteiger partial charge is 0.270 e. The SMILES string of the molecule is CCC(C)(C)c1ccc(OCCCCNC(=O)c2cc(-c3ccc(C)o3)nn2-c2ccc(Cl)c(Cl)c2)c(C(C)(C)CC)c1. The van der Waals surface area contributed by atoms with Gasteiger partial charge >= 0.3 is 0 Å². The number of halogens is 2. The molecule has 4 aromatic rings. The van der Waals surface area contributed by atoms with E-state index in [1.807, 2.05) is 19.1 Å². The number of amides is 1. The number of nitrogens with one attached hydrogen (secondary N) is 1. The molecule has 0 unspecified atom stereocenters. The van der Waals surface area contributed by atoms with Crippen molar-refractivity contribution in [2.45, 2.75) is 85.0 Å². The van der Waals surface area contributed by atoms with Gasteiger partial charge in [0.15, 0.2) is 5.76 Å². The lowest BCUT2D eigenvalue weighted by Gasteiger charge is -2.30. The Bertz CT molecular complexity index is 1570. The van der Waals surface area contributed by atoms with Crippen LogP contribution in [0.4, 0.5) is 0 Å². The van der Waals surface area contributed by atoms with Crippen LogP contribution in [0.5, 0.6) is 5.75 Å². The van der Waals surface area contributed by atoms with Crippen LogP contribution in [-0.4, -0.2) is 28.8 Å². The number of carbonyl (C=O) groups excluding carboxylic acids is 1. The van der Waals surface area contributed by atoms with E-state index < -0.39 is 0 Å². The largest absolute Gasteiger partial charge is 0.493 e. The third-order valence-electron chi connectivity index (χ3n) is 8.45. The maximum Gasteiger partial charge on any atom is 0.270 e. The van der Waals surface area contributed by atoms with Crippen LogP contribution in [0.1, 0.15) is 94.6 Å². The summed E-state index contributed by atoms with van der Waals surface area (Å²) in [6.45, 7) is 16.5. The summed E-state index contributed by atoms with van der Waals surface area (Å²) < 4.78 is 13.6. The zero-order valence-corrected chi connectivity index (χ0v) is 27.8. The molecule has 0 aliphatic rings.